The molecule has 0 rings (SSSR count). The van der Waals surface area contributed by atoms with Crippen LogP contribution in [0.2, 0.25) is 0 Å². The Morgan fingerprint density at radius 1 is 0.833 bits per heavy atom. The molecule has 0 N–H and O–H groups in total. The number of unbranched alkanes of at least 4 members (excludes halogenated alkanes) is 2. The molecule has 0 saturated carbocycles. The fraction of sp³-hybridized carbons (Fsp3) is 0.900. The van der Waals surface area contributed by atoms with E-state index in [0.717, 1.165) is 25.9 Å². The second kappa shape index (κ2) is 16.5. The molecule has 0 saturated heterocycles. The van der Waals surface area contributed by atoms with E-state index in [1.165, 1.54) is 45.4 Å². The Morgan fingerprint density at radius 2 is 1.25 bits per heavy atom. The van der Waals surface area contributed by atoms with Crippen LogP contribution in [0.5, 0.6) is 0 Å². The van der Waals surface area contributed by atoms with Gasteiger partial charge in [-0.3, -0.25) is 9.59 Å². The molecule has 24 heavy (non-hydrogen) atoms. The molecule has 0 aromatic heterocycles. The van der Waals surface area contributed by atoms with Crippen LogP contribution in [0.3, 0.4) is 0 Å². The van der Waals surface area contributed by atoms with Crippen molar-refractivity contribution in [2.45, 2.75) is 92.4 Å². The predicted molar refractivity (Wildman–Crippen MR) is 98.5 cm³/mol. The van der Waals surface area contributed by atoms with Gasteiger partial charge in [0.15, 0.2) is 0 Å². The van der Waals surface area contributed by atoms with Crippen LogP contribution in [0.1, 0.15) is 92.4 Å². The minimum absolute atomic E-state index is 0. The summed E-state index contributed by atoms with van der Waals surface area (Å²) in [4.78, 5) is 25.9. The van der Waals surface area contributed by atoms with Crippen molar-refractivity contribution in [2.24, 2.45) is 11.8 Å². The fourth-order valence-electron chi connectivity index (χ4n) is 3.06. The standard InChI is InChI=1S/C20H39NO2.Zr/c1-6-10-12-18(8-3)15-21(20(23)14-17(5)22)16-19(9-4)13-11-7-2;/h18-19H,6-16H2,1-5H3;. The van der Waals surface area contributed by atoms with Gasteiger partial charge >= 0.3 is 0 Å². The van der Waals surface area contributed by atoms with Gasteiger partial charge in [0.2, 0.25) is 5.91 Å². The zero-order chi connectivity index (χ0) is 17.7. The van der Waals surface area contributed by atoms with E-state index < -0.39 is 0 Å². The van der Waals surface area contributed by atoms with Crippen LogP contribution in [-0.4, -0.2) is 29.7 Å². The van der Waals surface area contributed by atoms with Crippen molar-refractivity contribution in [3.05, 3.63) is 0 Å². The topological polar surface area (TPSA) is 37.4 Å². The van der Waals surface area contributed by atoms with Crippen LogP contribution < -0.4 is 0 Å². The van der Waals surface area contributed by atoms with Crippen molar-refractivity contribution >= 4 is 11.7 Å². The number of carbonyl (C=O) groups is 2. The predicted octanol–water partition coefficient (Wildman–Crippen LogP) is 5.22. The van der Waals surface area contributed by atoms with E-state index in [9.17, 15) is 9.59 Å². The first-order chi connectivity index (χ1) is 11.0. The third-order valence-electron chi connectivity index (χ3n) is 4.80. The summed E-state index contributed by atoms with van der Waals surface area (Å²) in [6, 6.07) is 0. The molecule has 0 aliphatic rings. The number of hydrogen-bond acceptors (Lipinski definition) is 2. The number of ketones is 1. The normalized spacial score (nSPS) is 13.0. The van der Waals surface area contributed by atoms with Gasteiger partial charge in [0, 0.05) is 39.3 Å². The number of amides is 1. The van der Waals surface area contributed by atoms with E-state index in [0.29, 0.717) is 11.8 Å². The summed E-state index contributed by atoms with van der Waals surface area (Å²) in [6.07, 6.45) is 9.49. The van der Waals surface area contributed by atoms with Gasteiger partial charge in [0.25, 0.3) is 0 Å². The van der Waals surface area contributed by atoms with Gasteiger partial charge in [-0.1, -0.05) is 66.2 Å². The number of nitrogens with zero attached hydrogens (tertiary/aromatic N) is 1. The van der Waals surface area contributed by atoms with Gasteiger partial charge in [0.1, 0.15) is 5.78 Å². The number of hydrogen-bond donors (Lipinski definition) is 0. The Morgan fingerprint density at radius 3 is 1.54 bits per heavy atom. The molecule has 0 bridgehead atoms. The molecule has 3 nitrogen and oxygen atoms in total. The molecule has 0 aromatic rings. The van der Waals surface area contributed by atoms with E-state index in [4.69, 9.17) is 0 Å². The van der Waals surface area contributed by atoms with E-state index in [-0.39, 0.29) is 44.3 Å². The van der Waals surface area contributed by atoms with E-state index in [2.05, 4.69) is 27.7 Å². The molecule has 1 amide bonds. The Labute approximate surface area is 169 Å². The van der Waals surface area contributed by atoms with E-state index >= 15 is 0 Å². The van der Waals surface area contributed by atoms with E-state index in [1.807, 2.05) is 4.90 Å². The average molecular weight is 417 g/mol. The zero-order valence-electron chi connectivity index (χ0n) is 16.7. The summed E-state index contributed by atoms with van der Waals surface area (Å²) in [7, 11) is 0. The molecule has 0 radical (unpaired) electrons. The van der Waals surface area contributed by atoms with Crippen molar-refractivity contribution in [1.82, 2.24) is 4.90 Å². The summed E-state index contributed by atoms with van der Waals surface area (Å²) in [5, 5.41) is 0. The smallest absolute Gasteiger partial charge is 0.230 e. The van der Waals surface area contributed by atoms with Gasteiger partial charge in [-0.25, -0.2) is 0 Å². The molecule has 0 heterocycles. The third kappa shape index (κ3) is 12.4. The third-order valence-corrected chi connectivity index (χ3v) is 4.80. The second-order valence-electron chi connectivity index (χ2n) is 7.01. The molecule has 2 unspecified atom stereocenters. The van der Waals surface area contributed by atoms with Gasteiger partial charge in [-0.15, -0.1) is 0 Å². The first kappa shape index (κ1) is 26.3. The van der Waals surface area contributed by atoms with Crippen LogP contribution in [0.25, 0.3) is 0 Å². The number of rotatable bonds is 14. The Bertz CT molecular complexity index is 316. The molecule has 140 valence electrons. The van der Waals surface area contributed by atoms with Crippen LogP contribution in [-0.2, 0) is 35.8 Å². The zero-order valence-corrected chi connectivity index (χ0v) is 19.2. The molecule has 0 spiro atoms. The molecular weight excluding hydrogens is 377 g/mol. The maximum atomic E-state index is 12.5. The minimum atomic E-state index is -0.0248. The van der Waals surface area contributed by atoms with Crippen molar-refractivity contribution in [3.63, 3.8) is 0 Å². The summed E-state index contributed by atoms with van der Waals surface area (Å²) in [6.45, 7) is 12.0. The van der Waals surface area contributed by atoms with Gasteiger partial charge < -0.3 is 4.90 Å². The summed E-state index contributed by atoms with van der Waals surface area (Å²) in [5.41, 5.74) is 0. The molecular formula is C20H39NO2Zr. The summed E-state index contributed by atoms with van der Waals surface area (Å²) < 4.78 is 0. The Kier molecular flexibility index (Phi) is 18.0. The molecule has 2 atom stereocenters. The maximum Gasteiger partial charge on any atom is 0.230 e. The molecule has 0 aliphatic carbocycles. The molecule has 0 aliphatic heterocycles. The number of Topliss-reactive ketones (excluding diaryl/α,β-unsaturated/α-hetero) is 1. The Hall–Kier alpha value is 0.0231. The van der Waals surface area contributed by atoms with Crippen molar-refractivity contribution in [1.29, 1.82) is 0 Å². The van der Waals surface area contributed by atoms with Crippen LogP contribution in [0.4, 0.5) is 0 Å². The number of carbonyl (C=O) groups excluding carboxylic acids is 2. The average Bonchev–Trinajstić information content (AvgIpc) is 2.52. The summed E-state index contributed by atoms with van der Waals surface area (Å²) >= 11 is 0. The quantitative estimate of drug-likeness (QED) is 0.364. The van der Waals surface area contributed by atoms with Crippen LogP contribution in [0.15, 0.2) is 0 Å². The van der Waals surface area contributed by atoms with E-state index in [1.54, 1.807) is 0 Å². The second-order valence-corrected chi connectivity index (χ2v) is 7.01. The van der Waals surface area contributed by atoms with Gasteiger partial charge in [0.05, 0.1) is 6.42 Å². The molecule has 0 aromatic carbocycles. The van der Waals surface area contributed by atoms with Gasteiger partial charge in [-0.05, 0) is 31.6 Å². The van der Waals surface area contributed by atoms with Crippen molar-refractivity contribution in [3.8, 4) is 0 Å². The Balaban J connectivity index is 0. The van der Waals surface area contributed by atoms with Gasteiger partial charge in [-0.2, -0.15) is 0 Å². The fourth-order valence-corrected chi connectivity index (χ4v) is 3.06. The largest absolute Gasteiger partial charge is 0.342 e. The first-order valence-corrected chi connectivity index (χ1v) is 9.75. The van der Waals surface area contributed by atoms with Crippen molar-refractivity contribution < 1.29 is 35.8 Å². The molecule has 0 fully saturated rings. The molecule has 4 heteroatoms. The minimum Gasteiger partial charge on any atom is -0.342 e. The van der Waals surface area contributed by atoms with Crippen LogP contribution >= 0.6 is 0 Å². The monoisotopic (exact) mass is 415 g/mol. The van der Waals surface area contributed by atoms with Crippen LogP contribution in [0, 0.1) is 11.8 Å². The SMILES string of the molecule is CCCCC(CC)CN(CC(CC)CCCC)C(=O)CC(C)=O.[Zr]. The van der Waals surface area contributed by atoms with Crippen molar-refractivity contribution in [2.75, 3.05) is 13.1 Å². The first-order valence-electron chi connectivity index (χ1n) is 9.75. The summed E-state index contributed by atoms with van der Waals surface area (Å²) in [5.74, 6) is 1.13. The maximum absolute atomic E-state index is 12.5.